The van der Waals surface area contributed by atoms with E-state index in [-0.39, 0.29) is 5.56 Å². The van der Waals surface area contributed by atoms with Gasteiger partial charge in [0.05, 0.1) is 7.11 Å². The number of methoxy groups -OCH3 is 2. The molecule has 1 N–H and O–H groups in total. The van der Waals surface area contributed by atoms with Gasteiger partial charge >= 0.3 is 5.97 Å². The zero-order valence-corrected chi connectivity index (χ0v) is 9.66. The topological polar surface area (TPSA) is 81.3 Å². The number of nitrogens with zero attached hydrogens (tertiary/aromatic N) is 1. The third kappa shape index (κ3) is 2.27. The first kappa shape index (κ1) is 12.4. The minimum atomic E-state index is -0.714. The minimum absolute atomic E-state index is 0.127. The van der Waals surface area contributed by atoms with E-state index in [1.807, 2.05) is 0 Å². The molecule has 0 unspecified atom stereocenters. The van der Waals surface area contributed by atoms with Crippen molar-refractivity contribution in [2.75, 3.05) is 14.2 Å². The van der Waals surface area contributed by atoms with Crippen LogP contribution < -0.4 is 5.56 Å². The van der Waals surface area contributed by atoms with E-state index in [0.717, 1.165) is 0 Å². The molecule has 0 saturated heterocycles. The highest BCUT2D eigenvalue weighted by Gasteiger charge is 2.23. The Labute approximate surface area is 92.6 Å². The van der Waals surface area contributed by atoms with E-state index in [2.05, 4.69) is 14.7 Å². The second kappa shape index (κ2) is 4.44. The third-order valence-electron chi connectivity index (χ3n) is 2.29. The van der Waals surface area contributed by atoms with Gasteiger partial charge in [0, 0.05) is 13.3 Å². The standard InChI is InChI=1S/C10H14N2O4/c1-10(2,16-4)9-11-5-6(7(13)12-9)8(14)15-3/h5H,1-4H3,(H,11,12,13). The van der Waals surface area contributed by atoms with Gasteiger partial charge in [0.2, 0.25) is 0 Å². The molecule has 0 saturated carbocycles. The van der Waals surface area contributed by atoms with Crippen LogP contribution in [-0.4, -0.2) is 30.2 Å². The summed E-state index contributed by atoms with van der Waals surface area (Å²) in [5.74, 6) is -0.358. The first-order chi connectivity index (χ1) is 7.42. The molecule has 6 nitrogen and oxygen atoms in total. The number of aromatic amines is 1. The number of aromatic nitrogens is 2. The summed E-state index contributed by atoms with van der Waals surface area (Å²) in [5, 5.41) is 0. The predicted octanol–water partition coefficient (Wildman–Crippen LogP) is 0.438. The molecule has 0 aliphatic carbocycles. The molecule has 0 aromatic carbocycles. The summed E-state index contributed by atoms with van der Waals surface area (Å²) in [6.07, 6.45) is 1.18. The van der Waals surface area contributed by atoms with Crippen molar-refractivity contribution in [3.05, 3.63) is 27.9 Å². The van der Waals surface area contributed by atoms with Crippen LogP contribution in [0.15, 0.2) is 11.0 Å². The van der Waals surface area contributed by atoms with Crippen LogP contribution in [0.5, 0.6) is 0 Å². The fourth-order valence-corrected chi connectivity index (χ4v) is 1.05. The van der Waals surface area contributed by atoms with Gasteiger partial charge in [-0.3, -0.25) is 4.79 Å². The van der Waals surface area contributed by atoms with Gasteiger partial charge in [0.15, 0.2) is 0 Å². The summed E-state index contributed by atoms with van der Waals surface area (Å²) in [4.78, 5) is 29.2. The lowest BCUT2D eigenvalue weighted by Gasteiger charge is -2.21. The SMILES string of the molecule is COC(=O)c1cnc(C(C)(C)OC)[nH]c1=O. The van der Waals surface area contributed by atoms with Crippen molar-refractivity contribution in [3.8, 4) is 0 Å². The molecule has 0 aliphatic heterocycles. The summed E-state index contributed by atoms with van der Waals surface area (Å²) in [7, 11) is 2.71. The molecule has 0 amide bonds. The molecule has 1 aromatic heterocycles. The maximum Gasteiger partial charge on any atom is 0.345 e. The van der Waals surface area contributed by atoms with Gasteiger partial charge in [0.1, 0.15) is 17.0 Å². The monoisotopic (exact) mass is 226 g/mol. The van der Waals surface area contributed by atoms with Crippen LogP contribution in [0.2, 0.25) is 0 Å². The highest BCUT2D eigenvalue weighted by atomic mass is 16.5. The largest absolute Gasteiger partial charge is 0.465 e. The average Bonchev–Trinajstić information content (AvgIpc) is 2.28. The van der Waals surface area contributed by atoms with E-state index in [9.17, 15) is 9.59 Å². The maximum atomic E-state index is 11.6. The first-order valence-electron chi connectivity index (χ1n) is 4.65. The summed E-state index contributed by atoms with van der Waals surface area (Å²) < 4.78 is 9.60. The zero-order valence-electron chi connectivity index (χ0n) is 9.66. The minimum Gasteiger partial charge on any atom is -0.465 e. The molecule has 0 aliphatic rings. The number of rotatable bonds is 3. The van der Waals surface area contributed by atoms with Crippen molar-refractivity contribution in [3.63, 3.8) is 0 Å². The number of carbonyl (C=O) groups excluding carboxylic acids is 1. The Morgan fingerprint density at radius 2 is 2.06 bits per heavy atom. The van der Waals surface area contributed by atoms with Crippen molar-refractivity contribution < 1.29 is 14.3 Å². The van der Waals surface area contributed by atoms with E-state index in [1.54, 1.807) is 13.8 Å². The summed E-state index contributed by atoms with van der Waals surface area (Å²) >= 11 is 0. The molecule has 6 heteroatoms. The molecular weight excluding hydrogens is 212 g/mol. The molecule has 0 radical (unpaired) electrons. The van der Waals surface area contributed by atoms with Crippen LogP contribution in [0.1, 0.15) is 30.0 Å². The highest BCUT2D eigenvalue weighted by Crippen LogP contribution is 2.18. The van der Waals surface area contributed by atoms with Crippen LogP contribution >= 0.6 is 0 Å². The van der Waals surface area contributed by atoms with Gasteiger partial charge in [-0.15, -0.1) is 0 Å². The van der Waals surface area contributed by atoms with Crippen LogP contribution in [0.3, 0.4) is 0 Å². The van der Waals surface area contributed by atoms with Crippen molar-refractivity contribution in [1.82, 2.24) is 9.97 Å². The molecule has 1 rings (SSSR count). The Bertz CT molecular complexity index is 450. The van der Waals surface area contributed by atoms with Crippen LogP contribution in [-0.2, 0) is 15.1 Å². The Balaban J connectivity index is 3.19. The summed E-state index contributed by atoms with van der Waals surface area (Å²) in [6, 6.07) is 0. The number of nitrogens with one attached hydrogen (secondary N) is 1. The number of hydrogen-bond acceptors (Lipinski definition) is 5. The van der Waals surface area contributed by atoms with Gasteiger partial charge in [-0.05, 0) is 13.8 Å². The highest BCUT2D eigenvalue weighted by molar-refractivity contribution is 5.88. The summed E-state index contributed by atoms with van der Waals surface area (Å²) in [5.41, 5.74) is -1.38. The second-order valence-corrected chi connectivity index (χ2v) is 3.68. The second-order valence-electron chi connectivity index (χ2n) is 3.68. The molecular formula is C10H14N2O4. The van der Waals surface area contributed by atoms with Crippen molar-refractivity contribution in [2.45, 2.75) is 19.4 Å². The van der Waals surface area contributed by atoms with Gasteiger partial charge in [0.25, 0.3) is 5.56 Å². The quantitative estimate of drug-likeness (QED) is 0.756. The zero-order chi connectivity index (χ0) is 12.3. The van der Waals surface area contributed by atoms with Crippen molar-refractivity contribution in [2.24, 2.45) is 0 Å². The van der Waals surface area contributed by atoms with Gasteiger partial charge in [-0.2, -0.15) is 0 Å². The third-order valence-corrected chi connectivity index (χ3v) is 2.29. The van der Waals surface area contributed by atoms with Crippen molar-refractivity contribution in [1.29, 1.82) is 0 Å². The fraction of sp³-hybridized carbons (Fsp3) is 0.500. The Hall–Kier alpha value is -1.69. The molecule has 88 valence electrons. The predicted molar refractivity (Wildman–Crippen MR) is 56.2 cm³/mol. The van der Waals surface area contributed by atoms with E-state index in [4.69, 9.17) is 4.74 Å². The lowest BCUT2D eigenvalue weighted by atomic mass is 10.1. The molecule has 0 spiro atoms. The molecule has 0 fully saturated rings. The number of ether oxygens (including phenoxy) is 2. The number of hydrogen-bond donors (Lipinski definition) is 1. The van der Waals surface area contributed by atoms with E-state index in [1.165, 1.54) is 20.4 Å². The average molecular weight is 226 g/mol. The Morgan fingerprint density at radius 1 is 1.44 bits per heavy atom. The molecule has 1 heterocycles. The van der Waals surface area contributed by atoms with E-state index >= 15 is 0 Å². The Morgan fingerprint density at radius 3 is 2.50 bits per heavy atom. The van der Waals surface area contributed by atoms with Crippen LogP contribution in [0, 0.1) is 0 Å². The van der Waals surface area contributed by atoms with Gasteiger partial charge in [-0.25, -0.2) is 9.78 Å². The molecule has 0 bridgehead atoms. The lowest BCUT2D eigenvalue weighted by molar-refractivity contribution is 0.0111. The van der Waals surface area contributed by atoms with E-state index in [0.29, 0.717) is 5.82 Å². The number of carbonyl (C=O) groups is 1. The van der Waals surface area contributed by atoms with Crippen LogP contribution in [0.25, 0.3) is 0 Å². The van der Waals surface area contributed by atoms with E-state index < -0.39 is 17.1 Å². The fourth-order valence-electron chi connectivity index (χ4n) is 1.05. The number of H-pyrrole nitrogens is 1. The normalized spacial score (nSPS) is 11.2. The van der Waals surface area contributed by atoms with Crippen LogP contribution in [0.4, 0.5) is 0 Å². The number of esters is 1. The maximum absolute atomic E-state index is 11.6. The van der Waals surface area contributed by atoms with Crippen molar-refractivity contribution >= 4 is 5.97 Å². The van der Waals surface area contributed by atoms with Gasteiger partial charge in [-0.1, -0.05) is 0 Å². The lowest BCUT2D eigenvalue weighted by Crippen LogP contribution is -2.29. The summed E-state index contributed by atoms with van der Waals surface area (Å²) in [6.45, 7) is 3.51. The first-order valence-corrected chi connectivity index (χ1v) is 4.65. The van der Waals surface area contributed by atoms with Gasteiger partial charge < -0.3 is 14.5 Å². The molecule has 1 aromatic rings. The smallest absolute Gasteiger partial charge is 0.345 e. The Kier molecular flexibility index (Phi) is 3.44. The molecule has 16 heavy (non-hydrogen) atoms. The molecule has 0 atom stereocenters.